The molecule has 0 saturated heterocycles. The van der Waals surface area contributed by atoms with Crippen molar-refractivity contribution in [2.24, 2.45) is 7.05 Å². The van der Waals surface area contributed by atoms with Crippen molar-refractivity contribution in [1.82, 2.24) is 9.78 Å². The van der Waals surface area contributed by atoms with Gasteiger partial charge in [0.25, 0.3) is 0 Å². The summed E-state index contributed by atoms with van der Waals surface area (Å²) in [6, 6.07) is 2.31. The maximum absolute atomic E-state index is 13.6. The zero-order valence-corrected chi connectivity index (χ0v) is 10.1. The minimum atomic E-state index is -0.858. The Balaban J connectivity index is 2.65. The summed E-state index contributed by atoms with van der Waals surface area (Å²) in [5.41, 5.74) is 1.40. The molecule has 0 aliphatic rings. The highest BCUT2D eigenvalue weighted by Crippen LogP contribution is 2.26. The van der Waals surface area contributed by atoms with Gasteiger partial charge in [0.15, 0.2) is 6.29 Å². The Morgan fingerprint density at radius 2 is 1.94 bits per heavy atom. The zero-order chi connectivity index (χ0) is 13.3. The first-order valence-electron chi connectivity index (χ1n) is 5.54. The Bertz CT molecular complexity index is 582. The number of carbonyl (C=O) groups excluding carboxylic acids is 1. The van der Waals surface area contributed by atoms with E-state index in [0.29, 0.717) is 17.7 Å². The van der Waals surface area contributed by atoms with Crippen molar-refractivity contribution in [3.8, 4) is 11.3 Å². The van der Waals surface area contributed by atoms with Crippen molar-refractivity contribution in [1.29, 1.82) is 0 Å². The van der Waals surface area contributed by atoms with Crippen LogP contribution in [0.1, 0.15) is 22.8 Å². The van der Waals surface area contributed by atoms with Crippen LogP contribution in [0.4, 0.5) is 8.78 Å². The van der Waals surface area contributed by atoms with E-state index in [9.17, 15) is 13.6 Å². The maximum atomic E-state index is 13.6. The number of aromatic nitrogens is 2. The molecular formula is C13H12F2N2O. The third kappa shape index (κ3) is 1.92. The Kier molecular flexibility index (Phi) is 3.23. The Hall–Kier alpha value is -2.04. The molecule has 1 heterocycles. The van der Waals surface area contributed by atoms with Crippen LogP contribution in [0.2, 0.25) is 0 Å². The third-order valence-corrected chi connectivity index (χ3v) is 2.87. The maximum Gasteiger partial charge on any atom is 0.155 e. The lowest BCUT2D eigenvalue weighted by Gasteiger charge is -2.07. The summed E-state index contributed by atoms with van der Waals surface area (Å²) in [6.07, 6.45) is 2.55. The molecule has 18 heavy (non-hydrogen) atoms. The minimum Gasteiger partial charge on any atom is -0.298 e. The van der Waals surface area contributed by atoms with Crippen LogP contribution in [0, 0.1) is 11.6 Å². The van der Waals surface area contributed by atoms with E-state index < -0.39 is 17.2 Å². The van der Waals surface area contributed by atoms with Gasteiger partial charge in [0.05, 0.1) is 17.5 Å². The van der Waals surface area contributed by atoms with Crippen LogP contribution in [0.3, 0.4) is 0 Å². The average Bonchev–Trinajstić information content (AvgIpc) is 2.70. The third-order valence-electron chi connectivity index (χ3n) is 2.87. The Morgan fingerprint density at radius 3 is 2.44 bits per heavy atom. The predicted molar refractivity (Wildman–Crippen MR) is 63.3 cm³/mol. The van der Waals surface area contributed by atoms with Crippen LogP contribution in [0.25, 0.3) is 11.3 Å². The summed E-state index contributed by atoms with van der Waals surface area (Å²) in [7, 11) is 1.71. The SMILES string of the molecule is CCc1cnn(C)c1-c1cc(F)c(C=O)c(F)c1. The van der Waals surface area contributed by atoms with Crippen LogP contribution in [0.15, 0.2) is 18.3 Å². The number of rotatable bonds is 3. The summed E-state index contributed by atoms with van der Waals surface area (Å²) in [4.78, 5) is 10.5. The van der Waals surface area contributed by atoms with Gasteiger partial charge in [-0.1, -0.05) is 6.92 Å². The second-order valence-corrected chi connectivity index (χ2v) is 3.97. The Labute approximate surface area is 103 Å². The standard InChI is InChI=1S/C13H12F2N2O/c1-3-8-6-16-17(2)13(8)9-4-11(14)10(7-18)12(15)5-9/h4-7H,3H2,1-2H3. The van der Waals surface area contributed by atoms with Crippen molar-refractivity contribution >= 4 is 6.29 Å². The molecule has 0 bridgehead atoms. The minimum absolute atomic E-state index is 0.179. The summed E-state index contributed by atoms with van der Waals surface area (Å²) >= 11 is 0. The summed E-state index contributed by atoms with van der Waals surface area (Å²) in [5.74, 6) is -1.72. The van der Waals surface area contributed by atoms with Crippen LogP contribution >= 0.6 is 0 Å². The van der Waals surface area contributed by atoms with Crippen molar-refractivity contribution in [2.75, 3.05) is 0 Å². The molecule has 0 fully saturated rings. The monoisotopic (exact) mass is 250 g/mol. The van der Waals surface area contributed by atoms with E-state index in [4.69, 9.17) is 0 Å². The van der Waals surface area contributed by atoms with Crippen LogP contribution in [-0.2, 0) is 13.5 Å². The van der Waals surface area contributed by atoms with E-state index in [2.05, 4.69) is 5.10 Å². The molecule has 0 N–H and O–H groups in total. The lowest BCUT2D eigenvalue weighted by Crippen LogP contribution is -1.99. The second kappa shape index (κ2) is 4.68. The summed E-state index contributed by atoms with van der Waals surface area (Å²) < 4.78 is 28.7. The quantitative estimate of drug-likeness (QED) is 0.785. The molecule has 2 aromatic rings. The van der Waals surface area contributed by atoms with Gasteiger partial charge in [0, 0.05) is 12.6 Å². The molecule has 0 amide bonds. The van der Waals surface area contributed by atoms with E-state index >= 15 is 0 Å². The number of nitrogens with zero attached hydrogens (tertiary/aromatic N) is 2. The molecule has 2 rings (SSSR count). The van der Waals surface area contributed by atoms with Gasteiger partial charge in [-0.25, -0.2) is 8.78 Å². The number of carbonyl (C=O) groups is 1. The lowest BCUT2D eigenvalue weighted by atomic mass is 10.0. The van der Waals surface area contributed by atoms with Gasteiger partial charge in [-0.15, -0.1) is 0 Å². The normalized spacial score (nSPS) is 10.7. The first-order chi connectivity index (χ1) is 8.58. The largest absolute Gasteiger partial charge is 0.298 e. The Morgan fingerprint density at radius 1 is 1.33 bits per heavy atom. The van der Waals surface area contributed by atoms with Crippen molar-refractivity contribution in [2.45, 2.75) is 13.3 Å². The lowest BCUT2D eigenvalue weighted by molar-refractivity contribution is 0.111. The average molecular weight is 250 g/mol. The number of aryl methyl sites for hydroxylation is 2. The van der Waals surface area contributed by atoms with E-state index in [1.165, 1.54) is 0 Å². The molecule has 0 aliphatic heterocycles. The fourth-order valence-electron chi connectivity index (χ4n) is 1.95. The number of aldehydes is 1. The predicted octanol–water partition coefficient (Wildman–Crippen LogP) is 2.74. The molecule has 0 atom stereocenters. The van der Waals surface area contributed by atoms with Crippen LogP contribution < -0.4 is 0 Å². The molecular weight excluding hydrogens is 238 g/mol. The second-order valence-electron chi connectivity index (χ2n) is 3.97. The zero-order valence-electron chi connectivity index (χ0n) is 10.1. The molecule has 1 aromatic carbocycles. The first-order valence-corrected chi connectivity index (χ1v) is 5.54. The molecule has 0 unspecified atom stereocenters. The van der Waals surface area contributed by atoms with Crippen molar-refractivity contribution < 1.29 is 13.6 Å². The van der Waals surface area contributed by atoms with Crippen LogP contribution in [-0.4, -0.2) is 16.1 Å². The summed E-state index contributed by atoms with van der Waals surface area (Å²) in [6.45, 7) is 1.94. The number of halogens is 2. The highest BCUT2D eigenvalue weighted by atomic mass is 19.1. The van der Waals surface area contributed by atoms with Gasteiger partial charge in [-0.2, -0.15) is 5.10 Å². The fraction of sp³-hybridized carbons (Fsp3) is 0.231. The molecule has 0 aliphatic carbocycles. The van der Waals surface area contributed by atoms with Gasteiger partial charge < -0.3 is 0 Å². The van der Waals surface area contributed by atoms with Crippen molar-refractivity contribution in [3.05, 3.63) is 41.1 Å². The van der Waals surface area contributed by atoms with E-state index in [0.717, 1.165) is 17.7 Å². The summed E-state index contributed by atoms with van der Waals surface area (Å²) in [5, 5.41) is 4.07. The number of hydrogen-bond donors (Lipinski definition) is 0. The fourth-order valence-corrected chi connectivity index (χ4v) is 1.95. The topological polar surface area (TPSA) is 34.9 Å². The van der Waals surface area contributed by atoms with E-state index in [1.54, 1.807) is 17.9 Å². The number of benzene rings is 1. The van der Waals surface area contributed by atoms with Gasteiger partial charge in [0.2, 0.25) is 0 Å². The molecule has 0 spiro atoms. The van der Waals surface area contributed by atoms with Gasteiger partial charge in [-0.05, 0) is 24.1 Å². The highest BCUT2D eigenvalue weighted by molar-refractivity contribution is 5.78. The first kappa shape index (κ1) is 12.4. The van der Waals surface area contributed by atoms with Crippen LogP contribution in [0.5, 0.6) is 0 Å². The van der Waals surface area contributed by atoms with Gasteiger partial charge >= 0.3 is 0 Å². The molecule has 94 valence electrons. The van der Waals surface area contributed by atoms with E-state index in [1.807, 2.05) is 6.92 Å². The molecule has 0 saturated carbocycles. The highest BCUT2D eigenvalue weighted by Gasteiger charge is 2.15. The number of hydrogen-bond acceptors (Lipinski definition) is 2. The molecule has 1 aromatic heterocycles. The smallest absolute Gasteiger partial charge is 0.155 e. The van der Waals surface area contributed by atoms with E-state index in [-0.39, 0.29) is 6.29 Å². The molecule has 5 heteroatoms. The van der Waals surface area contributed by atoms with Gasteiger partial charge in [-0.3, -0.25) is 9.48 Å². The molecule has 3 nitrogen and oxygen atoms in total. The van der Waals surface area contributed by atoms with Gasteiger partial charge in [0.1, 0.15) is 11.6 Å². The molecule has 0 radical (unpaired) electrons. The van der Waals surface area contributed by atoms with Crippen molar-refractivity contribution in [3.63, 3.8) is 0 Å².